The lowest BCUT2D eigenvalue weighted by atomic mass is 10.2. The number of pyridine rings is 1. The second-order valence-electron chi connectivity index (χ2n) is 5.60. The maximum Gasteiger partial charge on any atom is 0.321 e. The third kappa shape index (κ3) is 4.00. The van der Waals surface area contributed by atoms with Crippen LogP contribution in [-0.4, -0.2) is 33.1 Å². The second-order valence-corrected chi connectivity index (χ2v) is 5.60. The number of urea groups is 1. The highest BCUT2D eigenvalue weighted by molar-refractivity contribution is 5.89. The zero-order chi connectivity index (χ0) is 18.7. The number of aromatic nitrogens is 3. The minimum Gasteiger partial charge on any atom is -0.332 e. The topological polar surface area (TPSA) is 84.2 Å². The molecule has 0 atom stereocenters. The van der Waals surface area contributed by atoms with Crippen LogP contribution in [0.4, 0.5) is 19.3 Å². The molecule has 2 heterocycles. The lowest BCUT2D eigenvalue weighted by molar-refractivity contribution is 0.220. The van der Waals surface area contributed by atoms with Crippen molar-refractivity contribution in [1.82, 2.24) is 20.0 Å². The van der Waals surface area contributed by atoms with Crippen molar-refractivity contribution in [3.63, 3.8) is 0 Å². The molecule has 3 rings (SSSR count). The molecule has 2 aromatic heterocycles. The molecular formula is C17H15F2N5O2. The van der Waals surface area contributed by atoms with E-state index in [1.807, 2.05) is 0 Å². The van der Waals surface area contributed by atoms with Crippen molar-refractivity contribution in [2.75, 3.05) is 12.4 Å². The van der Waals surface area contributed by atoms with Crippen LogP contribution in [0.2, 0.25) is 0 Å². The van der Waals surface area contributed by atoms with Gasteiger partial charge in [0.05, 0.1) is 11.9 Å². The summed E-state index contributed by atoms with van der Waals surface area (Å²) < 4.78 is 31.6. The van der Waals surface area contributed by atoms with E-state index in [0.717, 1.165) is 12.1 Å². The molecule has 0 saturated carbocycles. The zero-order valence-corrected chi connectivity index (χ0v) is 14.0. The van der Waals surface area contributed by atoms with Gasteiger partial charge in [0.15, 0.2) is 5.82 Å². The highest BCUT2D eigenvalue weighted by Crippen LogP contribution is 2.17. The Morgan fingerprint density at radius 3 is 2.69 bits per heavy atom. The van der Waals surface area contributed by atoms with Crippen LogP contribution in [0.3, 0.4) is 0 Å². The number of hydrogen-bond donors (Lipinski definition) is 1. The monoisotopic (exact) mass is 359 g/mol. The first-order chi connectivity index (χ1) is 12.4. The number of nitrogens with one attached hydrogen (secondary N) is 1. The molecule has 0 saturated heterocycles. The van der Waals surface area contributed by atoms with E-state index in [2.05, 4.69) is 20.4 Å². The number of amides is 2. The molecule has 0 radical (unpaired) electrons. The second kappa shape index (κ2) is 7.26. The molecule has 0 fully saturated rings. The van der Waals surface area contributed by atoms with Gasteiger partial charge in [-0.15, -0.1) is 0 Å². The first-order valence-corrected chi connectivity index (χ1v) is 7.65. The van der Waals surface area contributed by atoms with E-state index >= 15 is 0 Å². The van der Waals surface area contributed by atoms with Gasteiger partial charge in [-0.2, -0.15) is 4.98 Å². The van der Waals surface area contributed by atoms with Crippen molar-refractivity contribution < 1.29 is 18.1 Å². The molecular weight excluding hydrogens is 344 g/mol. The van der Waals surface area contributed by atoms with E-state index in [1.165, 1.54) is 24.2 Å². The number of carbonyl (C=O) groups is 1. The third-order valence-electron chi connectivity index (χ3n) is 3.53. The maximum atomic E-state index is 13.7. The molecule has 9 heteroatoms. The van der Waals surface area contributed by atoms with E-state index in [0.29, 0.717) is 17.2 Å². The molecule has 0 aliphatic rings. The average Bonchev–Trinajstić information content (AvgIpc) is 3.04. The number of nitrogens with zero attached hydrogens (tertiary/aromatic N) is 4. The van der Waals surface area contributed by atoms with Crippen molar-refractivity contribution in [3.05, 3.63) is 59.6 Å². The summed E-state index contributed by atoms with van der Waals surface area (Å²) in [5, 5.41) is 6.32. The quantitative estimate of drug-likeness (QED) is 0.772. The Hall–Kier alpha value is -3.36. The van der Waals surface area contributed by atoms with Gasteiger partial charge >= 0.3 is 6.03 Å². The van der Waals surface area contributed by atoms with Crippen molar-refractivity contribution in [2.24, 2.45) is 0 Å². The van der Waals surface area contributed by atoms with Crippen molar-refractivity contribution in [1.29, 1.82) is 0 Å². The van der Waals surface area contributed by atoms with E-state index < -0.39 is 17.7 Å². The molecule has 0 aliphatic heterocycles. The number of anilines is 1. The normalized spacial score (nSPS) is 10.6. The number of aryl methyl sites for hydroxylation is 1. The van der Waals surface area contributed by atoms with Gasteiger partial charge in [-0.3, -0.25) is 0 Å². The molecule has 26 heavy (non-hydrogen) atoms. The third-order valence-corrected chi connectivity index (χ3v) is 3.53. The molecule has 1 N–H and O–H groups in total. The lowest BCUT2D eigenvalue weighted by Gasteiger charge is -2.18. The zero-order valence-electron chi connectivity index (χ0n) is 14.0. The summed E-state index contributed by atoms with van der Waals surface area (Å²) in [4.78, 5) is 21.7. The van der Waals surface area contributed by atoms with Gasteiger partial charge in [-0.25, -0.2) is 18.6 Å². The largest absolute Gasteiger partial charge is 0.332 e. The minimum absolute atomic E-state index is 0.00921. The van der Waals surface area contributed by atoms with Gasteiger partial charge in [0.25, 0.3) is 5.89 Å². The fourth-order valence-electron chi connectivity index (χ4n) is 2.19. The fraction of sp³-hybridized carbons (Fsp3) is 0.176. The highest BCUT2D eigenvalue weighted by atomic mass is 19.1. The van der Waals surface area contributed by atoms with Crippen LogP contribution < -0.4 is 5.32 Å². The summed E-state index contributed by atoms with van der Waals surface area (Å²) in [5.74, 6) is -0.593. The number of benzene rings is 1. The number of carbonyl (C=O) groups excluding carboxylic acids is 1. The van der Waals surface area contributed by atoms with Gasteiger partial charge < -0.3 is 14.7 Å². The van der Waals surface area contributed by atoms with Crippen LogP contribution in [0, 0.1) is 18.6 Å². The molecule has 0 spiro atoms. The van der Waals surface area contributed by atoms with E-state index in [4.69, 9.17) is 4.52 Å². The minimum atomic E-state index is -0.703. The van der Waals surface area contributed by atoms with E-state index in [1.54, 1.807) is 19.1 Å². The molecule has 3 aromatic rings. The predicted octanol–water partition coefficient (Wildman–Crippen LogP) is 3.38. The van der Waals surface area contributed by atoms with Crippen molar-refractivity contribution in [3.8, 4) is 11.6 Å². The summed E-state index contributed by atoms with van der Waals surface area (Å²) in [6.45, 7) is 1.69. The van der Waals surface area contributed by atoms with Gasteiger partial charge in [0.1, 0.15) is 17.3 Å². The molecule has 134 valence electrons. The van der Waals surface area contributed by atoms with E-state index in [-0.39, 0.29) is 18.0 Å². The van der Waals surface area contributed by atoms with Crippen molar-refractivity contribution >= 4 is 11.7 Å². The molecule has 7 nitrogen and oxygen atoms in total. The van der Waals surface area contributed by atoms with Crippen molar-refractivity contribution in [2.45, 2.75) is 13.5 Å². The van der Waals surface area contributed by atoms with Gasteiger partial charge in [-0.05, 0) is 25.1 Å². The molecule has 0 bridgehead atoms. The Labute approximate surface area is 147 Å². The van der Waals surface area contributed by atoms with Gasteiger partial charge in [0.2, 0.25) is 0 Å². The first kappa shape index (κ1) is 17.5. The van der Waals surface area contributed by atoms with Crippen LogP contribution in [0.1, 0.15) is 11.4 Å². The standard InChI is InChI=1S/C17H15F2N5O2/c1-10-21-16(26-23-10)15-6-5-13(8-20-15)22-17(25)24(2)9-11-3-4-12(18)7-14(11)19/h3-8H,9H2,1-2H3,(H,22,25). The van der Waals surface area contributed by atoms with Gasteiger partial charge in [0, 0.05) is 25.2 Å². The summed E-state index contributed by atoms with van der Waals surface area (Å²) in [6.07, 6.45) is 1.44. The average molecular weight is 359 g/mol. The summed E-state index contributed by atoms with van der Waals surface area (Å²) in [5.41, 5.74) is 1.14. The molecule has 1 aromatic carbocycles. The number of rotatable bonds is 4. The predicted molar refractivity (Wildman–Crippen MR) is 89.1 cm³/mol. The Morgan fingerprint density at radius 1 is 1.27 bits per heavy atom. The van der Waals surface area contributed by atoms with Crippen LogP contribution in [-0.2, 0) is 6.54 Å². The Bertz CT molecular complexity index is 927. The number of halogens is 2. The Balaban J connectivity index is 1.63. The lowest BCUT2D eigenvalue weighted by Crippen LogP contribution is -2.31. The molecule has 0 unspecified atom stereocenters. The van der Waals surface area contributed by atoms with Crippen LogP contribution in [0.5, 0.6) is 0 Å². The summed E-state index contributed by atoms with van der Waals surface area (Å²) in [7, 11) is 1.50. The smallest absolute Gasteiger partial charge is 0.321 e. The Morgan fingerprint density at radius 2 is 2.08 bits per heavy atom. The fourth-order valence-corrected chi connectivity index (χ4v) is 2.19. The highest BCUT2D eigenvalue weighted by Gasteiger charge is 2.13. The SMILES string of the molecule is Cc1noc(-c2ccc(NC(=O)N(C)Cc3ccc(F)cc3F)cn2)n1. The van der Waals surface area contributed by atoms with Crippen LogP contribution >= 0.6 is 0 Å². The Kier molecular flexibility index (Phi) is 4.87. The van der Waals surface area contributed by atoms with Crippen LogP contribution in [0.25, 0.3) is 11.6 Å². The van der Waals surface area contributed by atoms with Gasteiger partial charge in [-0.1, -0.05) is 11.2 Å². The molecule has 0 aliphatic carbocycles. The maximum absolute atomic E-state index is 13.7. The summed E-state index contributed by atoms with van der Waals surface area (Å²) >= 11 is 0. The number of hydrogen-bond acceptors (Lipinski definition) is 5. The molecule has 2 amide bonds. The van der Waals surface area contributed by atoms with Crippen LogP contribution in [0.15, 0.2) is 41.1 Å². The van der Waals surface area contributed by atoms with E-state index in [9.17, 15) is 13.6 Å². The first-order valence-electron chi connectivity index (χ1n) is 7.65. The summed E-state index contributed by atoms with van der Waals surface area (Å²) in [6, 6.07) is 6.03.